The van der Waals surface area contributed by atoms with Gasteiger partial charge in [-0.2, -0.15) is 0 Å². The maximum absolute atomic E-state index is 15.2. The number of fused-ring (bicyclic) bond motifs is 7. The SMILES string of the molecule is C[C@H]1O[C@@H](OC2C(O)[C@@H](NC(=O)CCCCCCCCCCC(=O)O)C(CO)O[C@@H]2OC(=O)N[C@]23CCC(C)(C)CC2C2=CCC4C5(C)CC[C@H](O[C@@H]6OC(C(=O)O)[C@@H](O)[C@H](O[C@@H]7OC[C@@H](O)[C@@H](O)C7O)C6O[C@@H]6OC(CO)[C@@H](O)[C@H](O)C6O)[C@](C)(C=O)[C@@H]5CC[C@]4(C)[C@]2(C)CC3O)C(O)C(O)[C@H]1O[C@@H]1OC[C@@H](O)C(O)C1O. The fourth-order valence-corrected chi connectivity index (χ4v) is 20.9. The van der Waals surface area contributed by atoms with Crippen molar-refractivity contribution in [1.29, 1.82) is 0 Å². The molecule has 0 spiro atoms. The van der Waals surface area contributed by atoms with Gasteiger partial charge in [-0.25, -0.2) is 9.59 Å². The van der Waals surface area contributed by atoms with E-state index in [1.165, 1.54) is 6.92 Å². The average molecular weight is 1620 g/mol. The molecule has 5 aliphatic carbocycles. The monoisotopic (exact) mass is 1620 g/mol. The topological polar surface area (TPSA) is 584 Å². The molecule has 6 heterocycles. The van der Waals surface area contributed by atoms with Gasteiger partial charge in [0.25, 0.3) is 0 Å². The number of ether oxygens (including phenoxy) is 12. The van der Waals surface area contributed by atoms with Crippen molar-refractivity contribution in [3.8, 4) is 0 Å². The summed E-state index contributed by atoms with van der Waals surface area (Å²) in [7, 11) is 0. The minimum Gasteiger partial charge on any atom is -0.481 e. The van der Waals surface area contributed by atoms with Crippen molar-refractivity contribution in [2.75, 3.05) is 26.4 Å². The molecule has 38 atom stereocenters. The lowest BCUT2D eigenvalue weighted by atomic mass is 9.34. The third kappa shape index (κ3) is 17.7. The molecule has 20 N–H and O–H groups in total. The number of hydrogen-bond donors (Lipinski definition) is 20. The Labute approximate surface area is 654 Å². The molecule has 113 heavy (non-hydrogen) atoms. The van der Waals surface area contributed by atoms with Crippen LogP contribution < -0.4 is 10.6 Å². The van der Waals surface area contributed by atoms with Crippen molar-refractivity contribution in [3.63, 3.8) is 0 Å². The van der Waals surface area contributed by atoms with E-state index in [-0.39, 0.29) is 43.4 Å². The molecular formula is C76H122N2O35. The van der Waals surface area contributed by atoms with Crippen LogP contribution in [0.15, 0.2) is 11.6 Å². The standard InChI is InChI=1S/C76H122N2O35/c1-33-58(108-64-53(94)47(88)36(82)30-102-64)52(93)56(97)66(104-33)111-61-50(91)46(77-44(85)16-14-12-10-8-9-11-13-15-17-45(86)87)38(28-79)105-68(61)113-70(101)78-76-25-24-71(2,3)26-35(76)34-18-19-41-72(4)22-21-43(73(5,32-81)40(72)20-23-74(41,6)75(34,7)27-42(76)84)107-69-62(112-67-55(96)51(92)49(90)39(29-80)106-67)59(57(98)60(110-69)63(99)100)109-65-54(95)48(89)37(83)31-103-65/h18,32-33,35-43,46-62,64-69,79-80,82-84,88-98H,8-17,19-31H2,1-7H3,(H,77,85)(H,78,101)(H,86,87)(H,99,100)/t33-,35?,36-,37-,38?,39?,40-,41?,42?,43+,46+,47?,48-,49-,50?,51+,52?,53?,54?,55?,56?,57+,58+,59+,60?,61?,62?,64+,65+,66+,67+,68-,69-,72?,73-,74+,75-,76-/m1/s1. The Bertz CT molecular complexity index is 3270. The molecule has 6 saturated heterocycles. The van der Waals surface area contributed by atoms with Gasteiger partial charge in [0.2, 0.25) is 12.2 Å². The first-order chi connectivity index (χ1) is 53.2. The maximum Gasteiger partial charge on any atom is 0.410 e. The number of carbonyl (C=O) groups is 5. The molecule has 37 nitrogen and oxygen atoms in total. The Morgan fingerprint density at radius 3 is 1.69 bits per heavy atom. The second-order valence-corrected chi connectivity index (χ2v) is 35.2. The van der Waals surface area contributed by atoms with Crippen LogP contribution in [-0.4, -0.2) is 338 Å². The van der Waals surface area contributed by atoms with E-state index in [1.807, 2.05) is 0 Å². The lowest BCUT2D eigenvalue weighted by molar-refractivity contribution is -0.391. The number of aliphatic hydroxyl groups is 16. The number of alkyl carbamates (subject to hydrolysis) is 1. The van der Waals surface area contributed by atoms with E-state index in [4.69, 9.17) is 61.9 Å². The number of unbranched alkanes of at least 4 members (excludes halogenated alkanes) is 7. The minimum absolute atomic E-state index is 0.0118. The van der Waals surface area contributed by atoms with E-state index < -0.39 is 274 Å². The second-order valence-electron chi connectivity index (χ2n) is 35.2. The highest BCUT2D eigenvalue weighted by Crippen LogP contribution is 2.75. The third-order valence-electron chi connectivity index (χ3n) is 27.6. The number of nitrogens with one attached hydrogen (secondary N) is 2. The van der Waals surface area contributed by atoms with Crippen LogP contribution in [0.5, 0.6) is 0 Å². The zero-order valence-corrected chi connectivity index (χ0v) is 65.0. The molecule has 11 rings (SSSR count). The number of amides is 2. The van der Waals surface area contributed by atoms with E-state index >= 15 is 4.79 Å². The fraction of sp³-hybridized carbons (Fsp3) is 0.908. The van der Waals surface area contributed by atoms with E-state index in [9.17, 15) is 106 Å². The van der Waals surface area contributed by atoms with Crippen molar-refractivity contribution < 1.29 is 173 Å². The van der Waals surface area contributed by atoms with Crippen molar-refractivity contribution in [2.45, 2.75) is 360 Å². The maximum atomic E-state index is 15.2. The first kappa shape index (κ1) is 89.8. The van der Waals surface area contributed by atoms with Gasteiger partial charge in [-0.05, 0) is 111 Å². The average Bonchev–Trinajstić information content (AvgIpc) is 0.671. The largest absolute Gasteiger partial charge is 0.481 e. The van der Waals surface area contributed by atoms with E-state index in [2.05, 4.69) is 51.3 Å². The van der Waals surface area contributed by atoms with Crippen molar-refractivity contribution in [3.05, 3.63) is 11.6 Å². The van der Waals surface area contributed by atoms with Crippen LogP contribution in [0.3, 0.4) is 0 Å². The van der Waals surface area contributed by atoms with Crippen molar-refractivity contribution in [2.24, 2.45) is 44.8 Å². The molecule has 10 fully saturated rings. The summed E-state index contributed by atoms with van der Waals surface area (Å²) in [5.41, 5.74) is -4.44. The van der Waals surface area contributed by atoms with Gasteiger partial charge in [-0.1, -0.05) is 91.7 Å². The molecule has 0 radical (unpaired) electrons. The van der Waals surface area contributed by atoms with Gasteiger partial charge >= 0.3 is 18.0 Å². The van der Waals surface area contributed by atoms with Crippen LogP contribution in [0.2, 0.25) is 0 Å². The summed E-state index contributed by atoms with van der Waals surface area (Å²) in [5.74, 6) is -4.40. The highest BCUT2D eigenvalue weighted by Gasteiger charge is 2.72. The summed E-state index contributed by atoms with van der Waals surface area (Å²) in [5, 5.41) is 203. The van der Waals surface area contributed by atoms with Gasteiger partial charge in [0.15, 0.2) is 43.7 Å². The normalized spacial score (nSPS) is 48.4. The first-order valence-electron chi connectivity index (χ1n) is 40.0. The number of carboxylic acid groups (broad SMARTS) is 2. The van der Waals surface area contributed by atoms with Gasteiger partial charge < -0.3 is 164 Å². The lowest BCUT2D eigenvalue weighted by Gasteiger charge is -2.72. The summed E-state index contributed by atoms with van der Waals surface area (Å²) >= 11 is 0. The second kappa shape index (κ2) is 36.1. The molecule has 646 valence electrons. The minimum atomic E-state index is -2.23. The predicted octanol–water partition coefficient (Wildman–Crippen LogP) is -2.79. The summed E-state index contributed by atoms with van der Waals surface area (Å²) in [6, 6.07) is -1.46. The van der Waals surface area contributed by atoms with Crippen LogP contribution in [-0.2, 0) is 76.0 Å². The molecular weight excluding hydrogens is 1500 g/mol. The molecule has 6 aliphatic heterocycles. The molecule has 16 unspecified atom stereocenters. The van der Waals surface area contributed by atoms with Gasteiger partial charge in [0, 0.05) is 18.8 Å². The zero-order valence-electron chi connectivity index (χ0n) is 65.0. The lowest BCUT2D eigenvalue weighted by Crippen LogP contribution is -2.73. The molecule has 2 amide bonds. The number of carboxylic acids is 2. The van der Waals surface area contributed by atoms with Crippen LogP contribution in [0, 0.1) is 44.8 Å². The molecule has 4 saturated carbocycles. The number of allylic oxidation sites excluding steroid dienone is 1. The van der Waals surface area contributed by atoms with Gasteiger partial charge in [0.05, 0.1) is 61.7 Å². The number of aliphatic carboxylic acids is 2. The van der Waals surface area contributed by atoms with Gasteiger partial charge in [-0.15, -0.1) is 0 Å². The zero-order chi connectivity index (χ0) is 82.5. The Hall–Kier alpha value is -3.99. The first-order valence-corrected chi connectivity index (χ1v) is 40.0. The highest BCUT2D eigenvalue weighted by molar-refractivity contribution is 5.76. The van der Waals surface area contributed by atoms with E-state index in [1.54, 1.807) is 6.92 Å². The molecule has 37 heteroatoms. The number of hydrogen-bond acceptors (Lipinski definition) is 33. The Morgan fingerprint density at radius 2 is 1.09 bits per heavy atom. The van der Waals surface area contributed by atoms with Crippen molar-refractivity contribution >= 4 is 30.2 Å². The Kier molecular flexibility index (Phi) is 28.7. The van der Waals surface area contributed by atoms with Crippen LogP contribution in [0.1, 0.15) is 170 Å². The summed E-state index contributed by atoms with van der Waals surface area (Å²) < 4.78 is 72.4. The van der Waals surface area contributed by atoms with E-state index in [0.717, 1.165) is 44.0 Å². The summed E-state index contributed by atoms with van der Waals surface area (Å²) in [6.07, 6.45) is -41.1. The van der Waals surface area contributed by atoms with Gasteiger partial charge in [0.1, 0.15) is 116 Å². The number of aldehydes is 1. The molecule has 0 bridgehead atoms. The third-order valence-corrected chi connectivity index (χ3v) is 27.6. The smallest absolute Gasteiger partial charge is 0.410 e. The molecule has 0 aromatic heterocycles. The summed E-state index contributed by atoms with van der Waals surface area (Å²) in [4.78, 5) is 67.2. The van der Waals surface area contributed by atoms with Crippen molar-refractivity contribution in [1.82, 2.24) is 10.6 Å². The quantitative estimate of drug-likeness (QED) is 0.0163. The number of rotatable bonds is 28. The molecule has 0 aromatic rings. The fourth-order valence-electron chi connectivity index (χ4n) is 20.9. The number of carbonyl (C=O) groups excluding carboxylic acids is 3. The number of aliphatic hydroxyl groups excluding tert-OH is 16. The molecule has 0 aromatic carbocycles. The summed E-state index contributed by atoms with van der Waals surface area (Å²) in [6.45, 7) is 10.9. The Balaban J connectivity index is 0.834. The van der Waals surface area contributed by atoms with Crippen LogP contribution >= 0.6 is 0 Å². The highest BCUT2D eigenvalue weighted by atomic mass is 16.8. The van der Waals surface area contributed by atoms with Crippen LogP contribution in [0.4, 0.5) is 4.79 Å². The van der Waals surface area contributed by atoms with E-state index in [0.29, 0.717) is 57.8 Å². The Morgan fingerprint density at radius 1 is 0.531 bits per heavy atom. The van der Waals surface area contributed by atoms with Crippen LogP contribution in [0.25, 0.3) is 0 Å². The predicted molar refractivity (Wildman–Crippen MR) is 381 cm³/mol. The van der Waals surface area contributed by atoms with Gasteiger partial charge in [-0.3, -0.25) is 9.59 Å². The molecule has 11 aliphatic rings.